The third kappa shape index (κ3) is 4.08. The lowest BCUT2D eigenvalue weighted by atomic mass is 10.3. The summed E-state index contributed by atoms with van der Waals surface area (Å²) in [5, 5.41) is 0. The second kappa shape index (κ2) is 7.42. The minimum Gasteiger partial charge on any atom is -0.375 e. The van der Waals surface area contributed by atoms with E-state index in [2.05, 4.69) is 4.57 Å². The van der Waals surface area contributed by atoms with Crippen LogP contribution in [0.15, 0.2) is 18.3 Å². The van der Waals surface area contributed by atoms with E-state index in [1.165, 1.54) is 12.0 Å². The molecule has 1 aromatic rings. The van der Waals surface area contributed by atoms with Gasteiger partial charge in [0.25, 0.3) is 0 Å². The molecule has 0 aromatic carbocycles. The minimum absolute atomic E-state index is 0.0145. The molecule has 0 radical (unpaired) electrons. The molecular weight excluding hydrogens is 286 g/mol. The van der Waals surface area contributed by atoms with Crippen LogP contribution in [0.5, 0.6) is 0 Å². The Balaban J connectivity index is 2.06. The normalized spacial score (nSPS) is 17.8. The molecule has 2 rings (SSSR count). The first-order chi connectivity index (χ1) is 10.5. The van der Waals surface area contributed by atoms with Crippen LogP contribution in [0.3, 0.4) is 0 Å². The van der Waals surface area contributed by atoms with Gasteiger partial charge in [-0.05, 0) is 12.1 Å². The number of carbonyl (C=O) groups excluding carboxylic acids is 2. The molecule has 1 atom stereocenters. The van der Waals surface area contributed by atoms with E-state index in [0.717, 1.165) is 5.69 Å². The SMILES string of the molecule is COCC(=O)N1Cc2cccn2C[C@H](OCC(=O)N(C)C)C1. The highest BCUT2D eigenvalue weighted by Gasteiger charge is 2.25. The second-order valence-corrected chi connectivity index (χ2v) is 5.58. The van der Waals surface area contributed by atoms with Crippen LogP contribution in [0.1, 0.15) is 5.69 Å². The van der Waals surface area contributed by atoms with Gasteiger partial charge in [-0.15, -0.1) is 0 Å². The molecule has 0 saturated carbocycles. The third-order valence-corrected chi connectivity index (χ3v) is 3.66. The van der Waals surface area contributed by atoms with Gasteiger partial charge in [-0.25, -0.2) is 0 Å². The Kier molecular flexibility index (Phi) is 5.57. The van der Waals surface area contributed by atoms with Crippen LogP contribution < -0.4 is 0 Å². The molecule has 7 nitrogen and oxygen atoms in total. The van der Waals surface area contributed by atoms with Crippen LogP contribution >= 0.6 is 0 Å². The molecule has 0 bridgehead atoms. The van der Waals surface area contributed by atoms with Gasteiger partial charge >= 0.3 is 0 Å². The number of rotatable bonds is 5. The molecule has 0 aliphatic carbocycles. The molecule has 0 fully saturated rings. The maximum absolute atomic E-state index is 12.1. The van der Waals surface area contributed by atoms with Crippen LogP contribution in [0.25, 0.3) is 0 Å². The average Bonchev–Trinajstić information content (AvgIpc) is 2.83. The Morgan fingerprint density at radius 1 is 1.32 bits per heavy atom. The highest BCUT2D eigenvalue weighted by atomic mass is 16.5. The largest absolute Gasteiger partial charge is 0.375 e. The topological polar surface area (TPSA) is 64.0 Å². The summed E-state index contributed by atoms with van der Waals surface area (Å²) in [5.74, 6) is -0.170. The van der Waals surface area contributed by atoms with Crippen LogP contribution in [-0.4, -0.2) is 73.2 Å². The summed E-state index contributed by atoms with van der Waals surface area (Å²) >= 11 is 0. The Morgan fingerprint density at radius 2 is 2.09 bits per heavy atom. The fraction of sp³-hybridized carbons (Fsp3) is 0.600. The molecule has 0 unspecified atom stereocenters. The van der Waals surface area contributed by atoms with Crippen molar-refractivity contribution in [1.29, 1.82) is 0 Å². The van der Waals surface area contributed by atoms with Crippen molar-refractivity contribution in [1.82, 2.24) is 14.4 Å². The van der Waals surface area contributed by atoms with Crippen molar-refractivity contribution in [3.05, 3.63) is 24.0 Å². The van der Waals surface area contributed by atoms with Crippen LogP contribution in [0.4, 0.5) is 0 Å². The van der Waals surface area contributed by atoms with E-state index < -0.39 is 0 Å². The van der Waals surface area contributed by atoms with E-state index in [-0.39, 0.29) is 31.1 Å². The van der Waals surface area contributed by atoms with Gasteiger partial charge in [0.2, 0.25) is 11.8 Å². The van der Waals surface area contributed by atoms with Crippen LogP contribution in [0.2, 0.25) is 0 Å². The fourth-order valence-corrected chi connectivity index (χ4v) is 2.38. The highest BCUT2D eigenvalue weighted by molar-refractivity contribution is 5.77. The van der Waals surface area contributed by atoms with E-state index in [4.69, 9.17) is 9.47 Å². The van der Waals surface area contributed by atoms with Gasteiger partial charge in [-0.1, -0.05) is 0 Å². The molecule has 7 heteroatoms. The maximum atomic E-state index is 12.1. The van der Waals surface area contributed by atoms with E-state index >= 15 is 0 Å². The second-order valence-electron chi connectivity index (χ2n) is 5.58. The molecular formula is C15H23N3O4. The lowest BCUT2D eigenvalue weighted by Gasteiger charge is -2.24. The van der Waals surface area contributed by atoms with Crippen molar-refractivity contribution in [3.8, 4) is 0 Å². The van der Waals surface area contributed by atoms with Crippen molar-refractivity contribution in [2.75, 3.05) is 41.0 Å². The fourth-order valence-electron chi connectivity index (χ4n) is 2.38. The number of nitrogens with zero attached hydrogens (tertiary/aromatic N) is 3. The van der Waals surface area contributed by atoms with Crippen LogP contribution in [-0.2, 0) is 32.2 Å². The first-order valence-electron chi connectivity index (χ1n) is 7.23. The summed E-state index contributed by atoms with van der Waals surface area (Å²) < 4.78 is 12.7. The summed E-state index contributed by atoms with van der Waals surface area (Å²) in [6.45, 7) is 1.66. The number of carbonyl (C=O) groups is 2. The number of ether oxygens (including phenoxy) is 2. The smallest absolute Gasteiger partial charge is 0.248 e. The monoisotopic (exact) mass is 309 g/mol. The molecule has 1 aliphatic rings. The Morgan fingerprint density at radius 3 is 2.77 bits per heavy atom. The predicted octanol–water partition coefficient (Wildman–Crippen LogP) is -0.0499. The van der Waals surface area contributed by atoms with Crippen molar-refractivity contribution in [3.63, 3.8) is 0 Å². The standard InChI is InChI=1S/C15H23N3O4/c1-16(2)14(19)11-22-13-8-17-6-4-5-12(17)7-18(9-13)15(20)10-21-3/h4-6,13H,7-11H2,1-3H3/t13-/m0/s1. The Hall–Kier alpha value is -1.86. The summed E-state index contributed by atoms with van der Waals surface area (Å²) in [4.78, 5) is 27.0. The van der Waals surface area contributed by atoms with Gasteiger partial charge in [0, 0.05) is 39.6 Å². The Bertz CT molecular complexity index is 527. The summed E-state index contributed by atoms with van der Waals surface area (Å²) in [6.07, 6.45) is 1.74. The van der Waals surface area contributed by atoms with Crippen molar-refractivity contribution in [2.45, 2.75) is 19.2 Å². The van der Waals surface area contributed by atoms with Gasteiger partial charge in [-0.2, -0.15) is 0 Å². The lowest BCUT2D eigenvalue weighted by Crippen LogP contribution is -2.40. The third-order valence-electron chi connectivity index (χ3n) is 3.66. The average molecular weight is 309 g/mol. The molecule has 2 heterocycles. The number of aromatic nitrogens is 1. The van der Waals surface area contributed by atoms with E-state index in [9.17, 15) is 9.59 Å². The van der Waals surface area contributed by atoms with Crippen molar-refractivity contribution < 1.29 is 19.1 Å². The van der Waals surface area contributed by atoms with E-state index in [1.807, 2.05) is 18.3 Å². The van der Waals surface area contributed by atoms with Gasteiger partial charge in [-0.3, -0.25) is 9.59 Å². The summed E-state index contributed by atoms with van der Waals surface area (Å²) in [5.41, 5.74) is 1.05. The molecule has 1 aliphatic heterocycles. The first-order valence-corrected chi connectivity index (χ1v) is 7.23. The summed E-state index contributed by atoms with van der Waals surface area (Å²) in [7, 11) is 4.89. The quantitative estimate of drug-likeness (QED) is 0.765. The maximum Gasteiger partial charge on any atom is 0.248 e. The van der Waals surface area contributed by atoms with Gasteiger partial charge in [0.15, 0.2) is 0 Å². The number of fused-ring (bicyclic) bond motifs is 1. The molecule has 1 aromatic heterocycles. The molecule has 2 amide bonds. The molecule has 0 N–H and O–H groups in total. The van der Waals surface area contributed by atoms with Crippen LogP contribution in [0, 0.1) is 0 Å². The number of methoxy groups -OCH3 is 1. The van der Waals surface area contributed by atoms with Gasteiger partial charge in [0.05, 0.1) is 19.2 Å². The molecule has 0 spiro atoms. The van der Waals surface area contributed by atoms with Crippen molar-refractivity contribution >= 4 is 11.8 Å². The number of hydrogen-bond acceptors (Lipinski definition) is 4. The number of hydrogen-bond donors (Lipinski definition) is 0. The van der Waals surface area contributed by atoms with E-state index in [0.29, 0.717) is 19.6 Å². The highest BCUT2D eigenvalue weighted by Crippen LogP contribution is 2.15. The Labute approximate surface area is 130 Å². The zero-order chi connectivity index (χ0) is 16.1. The number of amides is 2. The first kappa shape index (κ1) is 16.5. The zero-order valence-corrected chi connectivity index (χ0v) is 13.3. The predicted molar refractivity (Wildman–Crippen MR) is 80.2 cm³/mol. The van der Waals surface area contributed by atoms with Gasteiger partial charge < -0.3 is 23.8 Å². The molecule has 22 heavy (non-hydrogen) atoms. The summed E-state index contributed by atoms with van der Waals surface area (Å²) in [6, 6.07) is 3.93. The molecule has 122 valence electrons. The zero-order valence-electron chi connectivity index (χ0n) is 13.3. The van der Waals surface area contributed by atoms with E-state index in [1.54, 1.807) is 19.0 Å². The lowest BCUT2D eigenvalue weighted by molar-refractivity contribution is -0.140. The minimum atomic E-state index is -0.224. The number of likely N-dealkylation sites (N-methyl/N-ethyl adjacent to an activating group) is 1. The van der Waals surface area contributed by atoms with Gasteiger partial charge in [0.1, 0.15) is 13.2 Å². The molecule has 0 saturated heterocycles. The van der Waals surface area contributed by atoms with Crippen molar-refractivity contribution in [2.24, 2.45) is 0 Å².